The summed E-state index contributed by atoms with van der Waals surface area (Å²) in [4.78, 5) is 0. The van der Waals surface area contributed by atoms with Crippen LogP contribution in [0, 0.1) is 0 Å². The zero-order chi connectivity index (χ0) is 21.4. The van der Waals surface area contributed by atoms with Crippen LogP contribution in [0.4, 0.5) is 0 Å². The molecule has 0 saturated carbocycles. The van der Waals surface area contributed by atoms with E-state index in [4.69, 9.17) is 0 Å². The molecule has 0 heteroatoms. The fourth-order valence-electron chi connectivity index (χ4n) is 6.11. The van der Waals surface area contributed by atoms with E-state index in [9.17, 15) is 0 Å². The van der Waals surface area contributed by atoms with Crippen LogP contribution in [0.5, 0.6) is 0 Å². The minimum Gasteiger partial charge on any atom is -0.0622 e. The van der Waals surface area contributed by atoms with Gasteiger partial charge in [0.05, 0.1) is 0 Å². The molecule has 5 aromatic carbocycles. The molecule has 0 aromatic heterocycles. The average molecular weight is 409 g/mol. The van der Waals surface area contributed by atoms with E-state index < -0.39 is 0 Å². The molecule has 0 heterocycles. The molecule has 2 aliphatic carbocycles. The molecule has 5 aromatic rings. The standard InChI is InChI=1S/C32H24/c1-32(2)30-11-7-6-10-25(30)26-15-14-23-17-24-16-22-13-12-21(20-8-4-3-5-9-20)18-27(22)28(24)19-29(23)31(26)32/h3-15,17-19H,16H2,1-2H3. The summed E-state index contributed by atoms with van der Waals surface area (Å²) in [6.07, 6.45) is 1.02. The van der Waals surface area contributed by atoms with Crippen LogP contribution in [0.3, 0.4) is 0 Å². The molecule has 0 aliphatic heterocycles. The van der Waals surface area contributed by atoms with Gasteiger partial charge in [0, 0.05) is 5.41 Å². The highest BCUT2D eigenvalue weighted by Gasteiger charge is 2.37. The van der Waals surface area contributed by atoms with Gasteiger partial charge in [0.1, 0.15) is 0 Å². The second kappa shape index (κ2) is 6.20. The Kier molecular flexibility index (Phi) is 3.49. The fraction of sp³-hybridized carbons (Fsp3) is 0.125. The van der Waals surface area contributed by atoms with Gasteiger partial charge in [0.25, 0.3) is 0 Å². The normalized spacial score (nSPS) is 14.7. The molecule has 7 rings (SSSR count). The van der Waals surface area contributed by atoms with E-state index in [2.05, 4.69) is 111 Å². The Bertz CT molecular complexity index is 1550. The summed E-state index contributed by atoms with van der Waals surface area (Å²) >= 11 is 0. The summed E-state index contributed by atoms with van der Waals surface area (Å²) in [5.74, 6) is 0. The first-order chi connectivity index (χ1) is 15.6. The Labute approximate surface area is 189 Å². The van der Waals surface area contributed by atoms with Crippen molar-refractivity contribution in [2.75, 3.05) is 0 Å². The topological polar surface area (TPSA) is 0 Å². The molecule has 0 N–H and O–H groups in total. The first-order valence-corrected chi connectivity index (χ1v) is 11.5. The lowest BCUT2D eigenvalue weighted by atomic mass is 9.79. The first kappa shape index (κ1) is 18.0. The summed E-state index contributed by atoms with van der Waals surface area (Å²) in [7, 11) is 0. The summed E-state index contributed by atoms with van der Waals surface area (Å²) in [5.41, 5.74) is 14.0. The van der Waals surface area contributed by atoms with Gasteiger partial charge >= 0.3 is 0 Å². The lowest BCUT2D eigenvalue weighted by molar-refractivity contribution is 0.666. The van der Waals surface area contributed by atoms with Crippen LogP contribution in [-0.2, 0) is 11.8 Å². The van der Waals surface area contributed by atoms with Crippen LogP contribution in [0.1, 0.15) is 36.1 Å². The predicted octanol–water partition coefficient (Wildman–Crippen LogP) is 8.38. The number of hydrogen-bond acceptors (Lipinski definition) is 0. The van der Waals surface area contributed by atoms with Crippen LogP contribution >= 0.6 is 0 Å². The molecule has 0 bridgehead atoms. The van der Waals surface area contributed by atoms with E-state index in [-0.39, 0.29) is 5.41 Å². The second-order valence-corrected chi connectivity index (χ2v) is 9.80. The minimum atomic E-state index is 0.00694. The Hall–Kier alpha value is -3.64. The van der Waals surface area contributed by atoms with Gasteiger partial charge in [0.2, 0.25) is 0 Å². The lowest BCUT2D eigenvalue weighted by Crippen LogP contribution is -2.15. The molecular weight excluding hydrogens is 384 g/mol. The highest BCUT2D eigenvalue weighted by molar-refractivity contribution is 6.01. The largest absolute Gasteiger partial charge is 0.0622 e. The van der Waals surface area contributed by atoms with Gasteiger partial charge < -0.3 is 0 Å². The lowest BCUT2D eigenvalue weighted by Gasteiger charge is -2.23. The maximum absolute atomic E-state index is 2.48. The van der Waals surface area contributed by atoms with Crippen molar-refractivity contribution in [2.45, 2.75) is 25.7 Å². The molecule has 0 radical (unpaired) electrons. The highest BCUT2D eigenvalue weighted by atomic mass is 14.4. The molecule has 0 fully saturated rings. The van der Waals surface area contributed by atoms with E-state index in [0.29, 0.717) is 0 Å². The highest BCUT2D eigenvalue weighted by Crippen LogP contribution is 2.52. The molecule has 2 aliphatic rings. The molecular formula is C32H24. The maximum Gasteiger partial charge on any atom is 0.0165 e. The Morgan fingerprint density at radius 1 is 0.562 bits per heavy atom. The number of benzene rings is 5. The quantitative estimate of drug-likeness (QED) is 0.256. The Morgan fingerprint density at radius 2 is 1.34 bits per heavy atom. The average Bonchev–Trinajstić information content (AvgIpc) is 3.30. The van der Waals surface area contributed by atoms with Crippen molar-refractivity contribution < 1.29 is 0 Å². The van der Waals surface area contributed by atoms with Gasteiger partial charge in [-0.05, 0) is 85.0 Å². The van der Waals surface area contributed by atoms with Crippen molar-refractivity contribution in [2.24, 2.45) is 0 Å². The summed E-state index contributed by atoms with van der Waals surface area (Å²) in [5, 5.41) is 2.76. The Morgan fingerprint density at radius 3 is 2.22 bits per heavy atom. The van der Waals surface area contributed by atoms with Crippen LogP contribution in [-0.4, -0.2) is 0 Å². The molecule has 0 spiro atoms. The van der Waals surface area contributed by atoms with Crippen LogP contribution < -0.4 is 0 Å². The third-order valence-corrected chi connectivity index (χ3v) is 7.65. The molecule has 152 valence electrons. The second-order valence-electron chi connectivity index (χ2n) is 9.80. The van der Waals surface area contributed by atoms with Crippen molar-refractivity contribution in [1.82, 2.24) is 0 Å². The third-order valence-electron chi connectivity index (χ3n) is 7.65. The number of rotatable bonds is 1. The molecule has 32 heavy (non-hydrogen) atoms. The number of hydrogen-bond donors (Lipinski definition) is 0. The first-order valence-electron chi connectivity index (χ1n) is 11.5. The van der Waals surface area contributed by atoms with Crippen molar-refractivity contribution >= 4 is 10.8 Å². The smallest absolute Gasteiger partial charge is 0.0165 e. The number of fused-ring (bicyclic) bond motifs is 8. The molecule has 0 saturated heterocycles. The van der Waals surface area contributed by atoms with Crippen molar-refractivity contribution in [3.8, 4) is 33.4 Å². The van der Waals surface area contributed by atoms with Crippen molar-refractivity contribution in [1.29, 1.82) is 0 Å². The van der Waals surface area contributed by atoms with E-state index in [1.807, 2.05) is 0 Å². The molecule has 0 unspecified atom stereocenters. The van der Waals surface area contributed by atoms with Crippen LogP contribution in [0.15, 0.2) is 97.1 Å². The minimum absolute atomic E-state index is 0.00694. The summed E-state index contributed by atoms with van der Waals surface area (Å²) in [6.45, 7) is 4.76. The third kappa shape index (κ3) is 2.33. The van der Waals surface area contributed by atoms with E-state index in [1.54, 1.807) is 0 Å². The van der Waals surface area contributed by atoms with Gasteiger partial charge in [-0.25, -0.2) is 0 Å². The molecule has 0 amide bonds. The van der Waals surface area contributed by atoms with Gasteiger partial charge in [-0.2, -0.15) is 0 Å². The van der Waals surface area contributed by atoms with Gasteiger partial charge in [-0.1, -0.05) is 98.8 Å². The van der Waals surface area contributed by atoms with E-state index >= 15 is 0 Å². The predicted molar refractivity (Wildman–Crippen MR) is 135 cm³/mol. The molecule has 0 nitrogen and oxygen atoms in total. The van der Waals surface area contributed by atoms with Gasteiger partial charge in [-0.15, -0.1) is 0 Å². The Balaban J connectivity index is 1.48. The van der Waals surface area contributed by atoms with Gasteiger partial charge in [0.15, 0.2) is 0 Å². The van der Waals surface area contributed by atoms with Crippen molar-refractivity contribution in [3.05, 3.63) is 119 Å². The molecule has 0 atom stereocenters. The van der Waals surface area contributed by atoms with Gasteiger partial charge in [-0.3, -0.25) is 0 Å². The summed E-state index contributed by atoms with van der Waals surface area (Å²) < 4.78 is 0. The monoisotopic (exact) mass is 408 g/mol. The maximum atomic E-state index is 2.48. The SMILES string of the molecule is CC1(C)c2ccccc2-c2ccc3cc4c(cc3c21)-c1cc(-c2ccccc2)ccc1C4. The zero-order valence-electron chi connectivity index (χ0n) is 18.4. The fourth-order valence-corrected chi connectivity index (χ4v) is 6.11. The van der Waals surface area contributed by atoms with Crippen LogP contribution in [0.25, 0.3) is 44.2 Å². The van der Waals surface area contributed by atoms with E-state index in [1.165, 1.54) is 66.4 Å². The van der Waals surface area contributed by atoms with Crippen LogP contribution in [0.2, 0.25) is 0 Å². The summed E-state index contributed by atoms with van der Waals surface area (Å²) in [6, 6.07) is 36.2. The van der Waals surface area contributed by atoms with E-state index in [0.717, 1.165) is 6.42 Å². The zero-order valence-corrected chi connectivity index (χ0v) is 18.4. The van der Waals surface area contributed by atoms with Crippen molar-refractivity contribution in [3.63, 3.8) is 0 Å².